The van der Waals surface area contributed by atoms with Crippen LogP contribution in [0.25, 0.3) is 0 Å². The zero-order valence-corrected chi connectivity index (χ0v) is 13.8. The van der Waals surface area contributed by atoms with E-state index in [9.17, 15) is 13.0 Å². The second kappa shape index (κ2) is 7.12. The van der Waals surface area contributed by atoms with Gasteiger partial charge in [-0.2, -0.15) is 0 Å². The first-order valence-electron chi connectivity index (χ1n) is 5.34. The predicted molar refractivity (Wildman–Crippen MR) is 62.6 cm³/mol. The SMILES string of the molecule is O=S(=O)([O-])CCCCC1COc2cscc2O1.[Na+]. The summed E-state index contributed by atoms with van der Waals surface area (Å²) < 4.78 is 42.3. The summed E-state index contributed by atoms with van der Waals surface area (Å²) >= 11 is 1.52. The number of hydrogen-bond donors (Lipinski definition) is 0. The van der Waals surface area contributed by atoms with Crippen molar-refractivity contribution in [1.82, 2.24) is 0 Å². The molecule has 96 valence electrons. The van der Waals surface area contributed by atoms with E-state index in [4.69, 9.17) is 9.47 Å². The average molecular weight is 300 g/mol. The van der Waals surface area contributed by atoms with Crippen LogP contribution in [0.2, 0.25) is 0 Å². The van der Waals surface area contributed by atoms with Gasteiger partial charge in [0.25, 0.3) is 0 Å². The zero-order chi connectivity index (χ0) is 12.3. The molecule has 0 amide bonds. The van der Waals surface area contributed by atoms with Crippen molar-refractivity contribution < 1.29 is 52.0 Å². The Bertz CT molecular complexity index is 470. The van der Waals surface area contributed by atoms with Crippen molar-refractivity contribution in [3.05, 3.63) is 10.8 Å². The number of thiophene rings is 1. The van der Waals surface area contributed by atoms with E-state index in [-0.39, 0.29) is 41.4 Å². The molecule has 1 atom stereocenters. The van der Waals surface area contributed by atoms with Crippen molar-refractivity contribution in [3.63, 3.8) is 0 Å². The fourth-order valence-corrected chi connectivity index (χ4v) is 2.88. The summed E-state index contributed by atoms with van der Waals surface area (Å²) in [5.74, 6) is 1.22. The molecule has 0 aromatic carbocycles. The summed E-state index contributed by atoms with van der Waals surface area (Å²) in [5, 5.41) is 3.76. The van der Waals surface area contributed by atoms with Crippen LogP contribution >= 0.6 is 11.3 Å². The van der Waals surface area contributed by atoms with Gasteiger partial charge in [-0.15, -0.1) is 11.3 Å². The van der Waals surface area contributed by atoms with Crippen LogP contribution in [0.15, 0.2) is 10.8 Å². The molecule has 1 aromatic heterocycles. The molecule has 0 aliphatic carbocycles. The van der Waals surface area contributed by atoms with Crippen molar-refractivity contribution in [1.29, 1.82) is 0 Å². The van der Waals surface area contributed by atoms with Crippen LogP contribution in [-0.2, 0) is 10.1 Å². The predicted octanol–water partition coefficient (Wildman–Crippen LogP) is -1.39. The summed E-state index contributed by atoms with van der Waals surface area (Å²) in [5.41, 5.74) is 0. The van der Waals surface area contributed by atoms with Gasteiger partial charge in [0.05, 0.1) is 10.1 Å². The van der Waals surface area contributed by atoms with Gasteiger partial charge >= 0.3 is 29.6 Å². The molecule has 0 saturated heterocycles. The molecule has 0 bridgehead atoms. The number of ether oxygens (including phenoxy) is 2. The van der Waals surface area contributed by atoms with Crippen LogP contribution in [0.3, 0.4) is 0 Å². The first-order valence-corrected chi connectivity index (χ1v) is 7.86. The standard InChI is InChI=1S/C10H14O5S2.Na/c11-17(12,13)4-2-1-3-8-5-14-9-6-16-7-10(9)15-8;/h6-8H,1-5H2,(H,11,12,13);/q;+1/p-1. The van der Waals surface area contributed by atoms with E-state index < -0.39 is 10.1 Å². The molecule has 0 fully saturated rings. The third-order valence-electron chi connectivity index (χ3n) is 2.48. The molecule has 1 aliphatic heterocycles. The van der Waals surface area contributed by atoms with E-state index in [0.717, 1.165) is 11.5 Å². The maximum Gasteiger partial charge on any atom is 1.00 e. The van der Waals surface area contributed by atoms with Gasteiger partial charge < -0.3 is 14.0 Å². The Balaban J connectivity index is 0.00000162. The summed E-state index contributed by atoms with van der Waals surface area (Å²) in [6, 6.07) is 0. The Morgan fingerprint density at radius 1 is 1.33 bits per heavy atom. The molecular formula is C10H13NaO5S2. The molecule has 1 unspecified atom stereocenters. The van der Waals surface area contributed by atoms with Crippen molar-refractivity contribution in [2.75, 3.05) is 12.4 Å². The average Bonchev–Trinajstić information content (AvgIpc) is 2.70. The van der Waals surface area contributed by atoms with Gasteiger partial charge in [-0.3, -0.25) is 0 Å². The molecule has 0 radical (unpaired) electrons. The largest absolute Gasteiger partial charge is 1.00 e. The van der Waals surface area contributed by atoms with Crippen LogP contribution < -0.4 is 39.0 Å². The van der Waals surface area contributed by atoms with Gasteiger partial charge in [0.15, 0.2) is 11.5 Å². The summed E-state index contributed by atoms with van der Waals surface area (Å²) in [6.45, 7) is 0.480. The molecule has 0 saturated carbocycles. The molecule has 0 N–H and O–H groups in total. The van der Waals surface area contributed by atoms with E-state index >= 15 is 0 Å². The van der Waals surface area contributed by atoms with Crippen LogP contribution in [0, 0.1) is 0 Å². The van der Waals surface area contributed by atoms with Gasteiger partial charge in [-0.25, -0.2) is 8.42 Å². The Kier molecular flexibility index (Phi) is 6.43. The fourth-order valence-electron chi connectivity index (χ4n) is 1.65. The minimum atomic E-state index is -4.09. The molecule has 5 nitrogen and oxygen atoms in total. The van der Waals surface area contributed by atoms with Gasteiger partial charge in [0.2, 0.25) is 0 Å². The molecule has 18 heavy (non-hydrogen) atoms. The first kappa shape index (κ1) is 16.3. The Hall–Kier alpha value is 0.210. The Labute approximate surface area is 133 Å². The van der Waals surface area contributed by atoms with Gasteiger partial charge in [-0.1, -0.05) is 0 Å². The summed E-state index contributed by atoms with van der Waals surface area (Å²) in [7, 11) is -4.09. The van der Waals surface area contributed by atoms with Crippen LogP contribution in [0.4, 0.5) is 0 Å². The molecule has 0 spiro atoms. The monoisotopic (exact) mass is 300 g/mol. The second-order valence-corrected chi connectivity index (χ2v) is 6.18. The second-order valence-electron chi connectivity index (χ2n) is 3.91. The minimum Gasteiger partial charge on any atom is -0.748 e. The maximum atomic E-state index is 10.4. The van der Waals surface area contributed by atoms with Crippen molar-refractivity contribution >= 4 is 21.5 Å². The number of rotatable bonds is 5. The number of hydrogen-bond acceptors (Lipinski definition) is 6. The third kappa shape index (κ3) is 5.07. The Morgan fingerprint density at radius 3 is 2.78 bits per heavy atom. The molecule has 2 heterocycles. The third-order valence-corrected chi connectivity index (χ3v) is 3.97. The smallest absolute Gasteiger partial charge is 0.748 e. The number of fused-ring (bicyclic) bond motifs is 1. The van der Waals surface area contributed by atoms with E-state index in [0.29, 0.717) is 25.9 Å². The topological polar surface area (TPSA) is 75.7 Å². The zero-order valence-electron chi connectivity index (χ0n) is 10.1. The van der Waals surface area contributed by atoms with E-state index in [2.05, 4.69) is 0 Å². The maximum absolute atomic E-state index is 10.4. The van der Waals surface area contributed by atoms with Gasteiger partial charge in [-0.05, 0) is 19.3 Å². The molecule has 8 heteroatoms. The van der Waals surface area contributed by atoms with Gasteiger partial charge in [0, 0.05) is 16.5 Å². The van der Waals surface area contributed by atoms with Crippen LogP contribution in [0.5, 0.6) is 11.5 Å². The molecule has 1 aliphatic rings. The number of unbranched alkanes of at least 4 members (excludes halogenated alkanes) is 1. The fraction of sp³-hybridized carbons (Fsp3) is 0.600. The van der Waals surface area contributed by atoms with Gasteiger partial charge in [0.1, 0.15) is 12.7 Å². The molecule has 2 rings (SSSR count). The molecule has 1 aromatic rings. The van der Waals surface area contributed by atoms with Crippen molar-refractivity contribution in [2.24, 2.45) is 0 Å². The minimum absolute atomic E-state index is 0. The Morgan fingerprint density at radius 2 is 2.06 bits per heavy atom. The van der Waals surface area contributed by atoms with E-state index in [1.54, 1.807) is 0 Å². The molecular weight excluding hydrogens is 287 g/mol. The van der Waals surface area contributed by atoms with Crippen LogP contribution in [0.1, 0.15) is 19.3 Å². The van der Waals surface area contributed by atoms with Crippen molar-refractivity contribution in [2.45, 2.75) is 25.4 Å². The van der Waals surface area contributed by atoms with Crippen molar-refractivity contribution in [3.8, 4) is 11.5 Å². The van der Waals surface area contributed by atoms with E-state index in [1.807, 2.05) is 10.8 Å². The van der Waals surface area contributed by atoms with Crippen LogP contribution in [-0.4, -0.2) is 31.4 Å². The first-order chi connectivity index (χ1) is 8.04. The van der Waals surface area contributed by atoms with E-state index in [1.165, 1.54) is 11.3 Å². The summed E-state index contributed by atoms with van der Waals surface area (Å²) in [6.07, 6.45) is 1.67. The summed E-state index contributed by atoms with van der Waals surface area (Å²) in [4.78, 5) is 0. The quantitative estimate of drug-likeness (QED) is 0.380. The normalized spacial score (nSPS) is 18.2.